The monoisotopic (exact) mass is 484 g/mol. The summed E-state index contributed by atoms with van der Waals surface area (Å²) in [5, 5.41) is 0. The summed E-state index contributed by atoms with van der Waals surface area (Å²) in [4.78, 5) is 3.64. The standard InChI is InChI=1S/C18H22BrF5N2OSi/c1-12-9-13(19)5-6-14(12)16-25-15(17(20,21)18(22,23)24)10-26(16)11-27-7-8-28(2,3)4/h5-6,9-10H,7-8,11H2,1-4H3. The van der Waals surface area contributed by atoms with Gasteiger partial charge in [-0.3, -0.25) is 0 Å². The zero-order chi connectivity index (χ0) is 21.3. The van der Waals surface area contributed by atoms with E-state index >= 15 is 0 Å². The average Bonchev–Trinajstić information content (AvgIpc) is 2.94. The Balaban J connectivity index is 2.41. The fraction of sp³-hybridized carbons (Fsp3) is 0.500. The zero-order valence-electron chi connectivity index (χ0n) is 16.0. The van der Waals surface area contributed by atoms with E-state index in [9.17, 15) is 22.0 Å². The van der Waals surface area contributed by atoms with E-state index in [1.54, 1.807) is 25.1 Å². The molecule has 0 saturated heterocycles. The molecule has 1 aromatic heterocycles. The van der Waals surface area contributed by atoms with Gasteiger partial charge >= 0.3 is 12.1 Å². The molecule has 0 bridgehead atoms. The second-order valence-electron chi connectivity index (χ2n) is 7.80. The van der Waals surface area contributed by atoms with Gasteiger partial charge in [-0.2, -0.15) is 22.0 Å². The van der Waals surface area contributed by atoms with Crippen LogP contribution in [-0.4, -0.2) is 30.4 Å². The van der Waals surface area contributed by atoms with Gasteiger partial charge in [-0.1, -0.05) is 35.6 Å². The Morgan fingerprint density at radius 3 is 2.32 bits per heavy atom. The summed E-state index contributed by atoms with van der Waals surface area (Å²) in [6.07, 6.45) is -5.00. The number of ether oxygens (including phenoxy) is 1. The maximum absolute atomic E-state index is 13.8. The van der Waals surface area contributed by atoms with Gasteiger partial charge in [-0.05, 0) is 36.7 Å². The molecule has 0 atom stereocenters. The van der Waals surface area contributed by atoms with E-state index in [4.69, 9.17) is 4.74 Å². The Bertz CT molecular complexity index is 830. The molecule has 0 saturated carbocycles. The molecule has 2 aromatic rings. The second-order valence-corrected chi connectivity index (χ2v) is 14.3. The molecule has 3 nitrogen and oxygen atoms in total. The average molecular weight is 485 g/mol. The van der Waals surface area contributed by atoms with E-state index in [1.807, 2.05) is 0 Å². The Morgan fingerprint density at radius 2 is 1.79 bits per heavy atom. The molecule has 10 heteroatoms. The summed E-state index contributed by atoms with van der Waals surface area (Å²) in [6, 6.07) is 5.88. The fourth-order valence-corrected chi connectivity index (χ4v) is 3.68. The van der Waals surface area contributed by atoms with Crippen molar-refractivity contribution in [1.29, 1.82) is 0 Å². The highest BCUT2D eigenvalue weighted by atomic mass is 79.9. The van der Waals surface area contributed by atoms with Crippen LogP contribution in [0.5, 0.6) is 0 Å². The summed E-state index contributed by atoms with van der Waals surface area (Å²) >= 11 is 3.30. The molecule has 0 aliphatic heterocycles. The predicted octanol–water partition coefficient (Wildman–Crippen LogP) is 6.59. The topological polar surface area (TPSA) is 27.1 Å². The number of rotatable bonds is 7. The van der Waals surface area contributed by atoms with Crippen molar-refractivity contribution in [2.45, 2.75) is 51.4 Å². The van der Waals surface area contributed by atoms with Crippen molar-refractivity contribution in [3.8, 4) is 11.4 Å². The number of aryl methyl sites for hydroxylation is 1. The maximum atomic E-state index is 13.8. The normalized spacial score (nSPS) is 13.2. The minimum Gasteiger partial charge on any atom is -0.361 e. The summed E-state index contributed by atoms with van der Waals surface area (Å²) in [5.41, 5.74) is -0.197. The van der Waals surface area contributed by atoms with Gasteiger partial charge in [0.15, 0.2) is 0 Å². The van der Waals surface area contributed by atoms with Crippen LogP contribution in [0.2, 0.25) is 25.7 Å². The highest BCUT2D eigenvalue weighted by molar-refractivity contribution is 9.10. The molecule has 0 N–H and O–H groups in total. The summed E-state index contributed by atoms with van der Waals surface area (Å²) in [5.74, 6) is -5.04. The van der Waals surface area contributed by atoms with Gasteiger partial charge in [0, 0.05) is 30.9 Å². The first-order valence-electron chi connectivity index (χ1n) is 8.59. The van der Waals surface area contributed by atoms with Gasteiger partial charge < -0.3 is 9.30 Å². The van der Waals surface area contributed by atoms with E-state index in [0.29, 0.717) is 17.7 Å². The first kappa shape index (κ1) is 23.0. The maximum Gasteiger partial charge on any atom is 0.459 e. The molecule has 0 radical (unpaired) electrons. The lowest BCUT2D eigenvalue weighted by molar-refractivity contribution is -0.290. The van der Waals surface area contributed by atoms with E-state index < -0.39 is 25.9 Å². The van der Waals surface area contributed by atoms with Crippen molar-refractivity contribution in [3.05, 3.63) is 40.1 Å². The van der Waals surface area contributed by atoms with Crippen LogP contribution in [0.4, 0.5) is 22.0 Å². The van der Waals surface area contributed by atoms with Gasteiger partial charge in [0.2, 0.25) is 0 Å². The van der Waals surface area contributed by atoms with Crippen molar-refractivity contribution in [3.63, 3.8) is 0 Å². The quantitative estimate of drug-likeness (QED) is 0.252. The number of aromatic nitrogens is 2. The van der Waals surface area contributed by atoms with Gasteiger partial charge in [-0.25, -0.2) is 4.98 Å². The molecule has 0 spiro atoms. The van der Waals surface area contributed by atoms with E-state index in [-0.39, 0.29) is 12.6 Å². The van der Waals surface area contributed by atoms with Crippen LogP contribution in [0, 0.1) is 6.92 Å². The molecule has 2 rings (SSSR count). The van der Waals surface area contributed by atoms with Gasteiger partial charge in [-0.15, -0.1) is 0 Å². The number of alkyl halides is 5. The van der Waals surface area contributed by atoms with E-state index in [0.717, 1.165) is 16.7 Å². The smallest absolute Gasteiger partial charge is 0.361 e. The van der Waals surface area contributed by atoms with Crippen LogP contribution in [0.15, 0.2) is 28.9 Å². The number of imidazole rings is 1. The third-order valence-electron chi connectivity index (χ3n) is 4.11. The first-order chi connectivity index (χ1) is 12.7. The van der Waals surface area contributed by atoms with E-state index in [2.05, 4.69) is 40.6 Å². The number of halogens is 6. The molecule has 156 valence electrons. The van der Waals surface area contributed by atoms with E-state index in [1.165, 1.54) is 4.57 Å². The number of hydrogen-bond donors (Lipinski definition) is 0. The lowest BCUT2D eigenvalue weighted by atomic mass is 10.1. The van der Waals surface area contributed by atoms with Crippen LogP contribution in [0.3, 0.4) is 0 Å². The third kappa shape index (κ3) is 5.41. The van der Waals surface area contributed by atoms with Gasteiger partial charge in [0.05, 0.1) is 0 Å². The van der Waals surface area contributed by atoms with Crippen molar-refractivity contribution in [2.75, 3.05) is 6.61 Å². The highest BCUT2D eigenvalue weighted by Gasteiger charge is 2.60. The Kier molecular flexibility index (Phi) is 6.77. The van der Waals surface area contributed by atoms with Crippen molar-refractivity contribution in [2.24, 2.45) is 0 Å². The fourth-order valence-electron chi connectivity index (χ4n) is 2.45. The molecule has 1 aromatic carbocycles. The molecule has 0 unspecified atom stereocenters. The Morgan fingerprint density at radius 1 is 1.14 bits per heavy atom. The minimum atomic E-state index is -5.73. The van der Waals surface area contributed by atoms with Crippen LogP contribution >= 0.6 is 15.9 Å². The molecular weight excluding hydrogens is 463 g/mol. The first-order valence-corrected chi connectivity index (χ1v) is 13.1. The molecule has 0 amide bonds. The Hall–Kier alpha value is -1.26. The SMILES string of the molecule is Cc1cc(Br)ccc1-c1nc(C(F)(F)C(F)(F)F)cn1COCC[Si](C)(C)C. The molecule has 0 fully saturated rings. The minimum absolute atomic E-state index is 0.0110. The largest absolute Gasteiger partial charge is 0.459 e. The molecule has 1 heterocycles. The number of hydrogen-bond acceptors (Lipinski definition) is 2. The van der Waals surface area contributed by atoms with Gasteiger partial charge in [0.1, 0.15) is 18.2 Å². The lowest BCUT2D eigenvalue weighted by Crippen LogP contribution is -2.34. The third-order valence-corrected chi connectivity index (χ3v) is 6.31. The Labute approximate surface area is 170 Å². The van der Waals surface area contributed by atoms with Crippen LogP contribution in [0.1, 0.15) is 11.3 Å². The highest BCUT2D eigenvalue weighted by Crippen LogP contribution is 2.44. The van der Waals surface area contributed by atoms with Crippen LogP contribution in [-0.2, 0) is 17.4 Å². The summed E-state index contributed by atoms with van der Waals surface area (Å²) in [7, 11) is -1.36. The predicted molar refractivity (Wildman–Crippen MR) is 104 cm³/mol. The molecule has 0 aliphatic rings. The second kappa shape index (κ2) is 8.23. The van der Waals surface area contributed by atoms with Crippen molar-refractivity contribution < 1.29 is 26.7 Å². The molecular formula is C18H22BrF5N2OSi. The van der Waals surface area contributed by atoms with Crippen LogP contribution < -0.4 is 0 Å². The molecule has 28 heavy (non-hydrogen) atoms. The number of benzene rings is 1. The molecule has 0 aliphatic carbocycles. The van der Waals surface area contributed by atoms with Crippen molar-refractivity contribution >= 4 is 24.0 Å². The summed E-state index contributed by atoms with van der Waals surface area (Å²) in [6.45, 7) is 8.45. The van der Waals surface area contributed by atoms with Crippen molar-refractivity contribution in [1.82, 2.24) is 9.55 Å². The van der Waals surface area contributed by atoms with Crippen LogP contribution in [0.25, 0.3) is 11.4 Å². The van der Waals surface area contributed by atoms with Gasteiger partial charge in [0.25, 0.3) is 0 Å². The summed E-state index contributed by atoms with van der Waals surface area (Å²) < 4.78 is 73.6. The lowest BCUT2D eigenvalue weighted by Gasteiger charge is -2.17. The zero-order valence-corrected chi connectivity index (χ0v) is 18.6. The number of nitrogens with zero attached hydrogens (tertiary/aromatic N) is 2.